The number of morpholine rings is 1. The molecule has 0 aliphatic carbocycles. The van der Waals surface area contributed by atoms with E-state index in [0.29, 0.717) is 19.8 Å². The highest BCUT2D eigenvalue weighted by Crippen LogP contribution is 2.15. The Kier molecular flexibility index (Phi) is 6.37. The number of amides is 1. The molecule has 0 atom stereocenters. The molecule has 0 bridgehead atoms. The predicted molar refractivity (Wildman–Crippen MR) is 92.6 cm³/mol. The van der Waals surface area contributed by atoms with Gasteiger partial charge in [0.1, 0.15) is 0 Å². The van der Waals surface area contributed by atoms with Gasteiger partial charge >= 0.3 is 0 Å². The van der Waals surface area contributed by atoms with E-state index in [-0.39, 0.29) is 28.5 Å². The van der Waals surface area contributed by atoms with Crippen molar-refractivity contribution in [2.75, 3.05) is 38.6 Å². The number of carbonyl (C=O) groups excluding carboxylic acids is 1. The van der Waals surface area contributed by atoms with Crippen LogP contribution in [0.1, 0.15) is 20.3 Å². The van der Waals surface area contributed by atoms with Gasteiger partial charge in [-0.1, -0.05) is 18.2 Å². The van der Waals surface area contributed by atoms with Crippen molar-refractivity contribution in [1.82, 2.24) is 10.2 Å². The standard InChI is InChI=1S/C17H26N2O4S/c1-17(2,19-9-11-23-12-10-19)14-18-16(20)8-13-24(21,22)15-6-4-3-5-7-15/h3-7H,8-14H2,1-2H3,(H,18,20). The van der Waals surface area contributed by atoms with Gasteiger partial charge in [-0.05, 0) is 26.0 Å². The minimum atomic E-state index is -3.42. The van der Waals surface area contributed by atoms with Gasteiger partial charge in [0.15, 0.2) is 9.84 Å². The summed E-state index contributed by atoms with van der Waals surface area (Å²) in [6.45, 7) is 7.70. The molecule has 1 aromatic carbocycles. The zero-order valence-corrected chi connectivity index (χ0v) is 15.1. The molecule has 1 amide bonds. The minimum absolute atomic E-state index is 0.0313. The molecule has 7 heteroatoms. The van der Waals surface area contributed by atoms with Gasteiger partial charge in [0, 0.05) is 31.6 Å². The van der Waals surface area contributed by atoms with Crippen molar-refractivity contribution in [2.24, 2.45) is 0 Å². The summed E-state index contributed by atoms with van der Waals surface area (Å²) in [7, 11) is -3.42. The van der Waals surface area contributed by atoms with Crippen molar-refractivity contribution in [3.63, 3.8) is 0 Å². The fourth-order valence-electron chi connectivity index (χ4n) is 2.66. The van der Waals surface area contributed by atoms with Gasteiger partial charge in [-0.25, -0.2) is 8.42 Å². The first-order valence-corrected chi connectivity index (χ1v) is 9.84. The van der Waals surface area contributed by atoms with Crippen LogP contribution in [0.25, 0.3) is 0 Å². The van der Waals surface area contributed by atoms with Crippen molar-refractivity contribution in [2.45, 2.75) is 30.7 Å². The number of hydrogen-bond donors (Lipinski definition) is 1. The lowest BCUT2D eigenvalue weighted by molar-refractivity contribution is -0.121. The molecule has 1 N–H and O–H groups in total. The maximum absolute atomic E-state index is 12.2. The molecule has 1 aliphatic rings. The van der Waals surface area contributed by atoms with Crippen molar-refractivity contribution in [1.29, 1.82) is 0 Å². The van der Waals surface area contributed by atoms with Crippen LogP contribution in [0.5, 0.6) is 0 Å². The summed E-state index contributed by atoms with van der Waals surface area (Å²) in [5.41, 5.74) is -0.183. The van der Waals surface area contributed by atoms with E-state index in [0.717, 1.165) is 13.1 Å². The fraction of sp³-hybridized carbons (Fsp3) is 0.588. The molecule has 1 fully saturated rings. The van der Waals surface area contributed by atoms with E-state index in [4.69, 9.17) is 4.74 Å². The molecule has 0 unspecified atom stereocenters. The van der Waals surface area contributed by atoms with Crippen LogP contribution in [-0.4, -0.2) is 63.4 Å². The highest BCUT2D eigenvalue weighted by Gasteiger charge is 2.28. The van der Waals surface area contributed by atoms with E-state index in [1.807, 2.05) is 0 Å². The van der Waals surface area contributed by atoms with Crippen LogP contribution in [0, 0.1) is 0 Å². The van der Waals surface area contributed by atoms with Gasteiger partial charge in [0.2, 0.25) is 5.91 Å². The molecule has 0 aromatic heterocycles. The highest BCUT2D eigenvalue weighted by molar-refractivity contribution is 7.91. The molecular formula is C17H26N2O4S. The Morgan fingerprint density at radius 3 is 2.46 bits per heavy atom. The van der Waals surface area contributed by atoms with Crippen molar-refractivity contribution in [3.05, 3.63) is 30.3 Å². The number of rotatable bonds is 7. The molecule has 1 aromatic rings. The Bertz CT molecular complexity index is 638. The quantitative estimate of drug-likeness (QED) is 0.793. The highest BCUT2D eigenvalue weighted by atomic mass is 32.2. The van der Waals surface area contributed by atoms with Crippen LogP contribution in [0.3, 0.4) is 0 Å². The first kappa shape index (κ1) is 18.9. The van der Waals surface area contributed by atoms with Crippen LogP contribution in [-0.2, 0) is 19.4 Å². The fourth-order valence-corrected chi connectivity index (χ4v) is 3.92. The molecule has 1 saturated heterocycles. The molecule has 0 spiro atoms. The lowest BCUT2D eigenvalue weighted by atomic mass is 10.0. The van der Waals surface area contributed by atoms with E-state index in [1.165, 1.54) is 0 Å². The number of carbonyl (C=O) groups is 1. The third-order valence-electron chi connectivity index (χ3n) is 4.29. The van der Waals surface area contributed by atoms with Gasteiger partial charge in [-0.3, -0.25) is 9.69 Å². The monoisotopic (exact) mass is 354 g/mol. The Labute approximate surface area is 144 Å². The smallest absolute Gasteiger partial charge is 0.221 e. The molecule has 1 heterocycles. The summed E-state index contributed by atoms with van der Waals surface area (Å²) in [6.07, 6.45) is -0.0313. The zero-order chi connectivity index (χ0) is 17.6. The first-order valence-electron chi connectivity index (χ1n) is 8.19. The molecular weight excluding hydrogens is 328 g/mol. The third kappa shape index (κ3) is 5.29. The van der Waals surface area contributed by atoms with Gasteiger partial charge < -0.3 is 10.1 Å². The largest absolute Gasteiger partial charge is 0.379 e. The second-order valence-corrected chi connectivity index (χ2v) is 8.68. The van der Waals surface area contributed by atoms with Crippen LogP contribution >= 0.6 is 0 Å². The van der Waals surface area contributed by atoms with E-state index in [2.05, 4.69) is 24.1 Å². The second kappa shape index (κ2) is 8.09. The summed E-state index contributed by atoms with van der Waals surface area (Å²) in [5.74, 6) is -0.420. The molecule has 0 saturated carbocycles. The number of benzene rings is 1. The van der Waals surface area contributed by atoms with E-state index >= 15 is 0 Å². The van der Waals surface area contributed by atoms with Crippen LogP contribution in [0.4, 0.5) is 0 Å². The van der Waals surface area contributed by atoms with Gasteiger partial charge in [-0.2, -0.15) is 0 Å². The lowest BCUT2D eigenvalue weighted by Crippen LogP contribution is -2.55. The zero-order valence-electron chi connectivity index (χ0n) is 14.3. The van der Waals surface area contributed by atoms with E-state index in [1.54, 1.807) is 30.3 Å². The van der Waals surface area contributed by atoms with E-state index in [9.17, 15) is 13.2 Å². The van der Waals surface area contributed by atoms with Crippen molar-refractivity contribution >= 4 is 15.7 Å². The number of hydrogen-bond acceptors (Lipinski definition) is 5. The molecule has 2 rings (SSSR count). The molecule has 6 nitrogen and oxygen atoms in total. The SMILES string of the molecule is CC(C)(CNC(=O)CCS(=O)(=O)c1ccccc1)N1CCOCC1. The average molecular weight is 354 g/mol. The summed E-state index contributed by atoms with van der Waals surface area (Å²) in [6, 6.07) is 8.22. The number of ether oxygens (including phenoxy) is 1. The maximum Gasteiger partial charge on any atom is 0.221 e. The number of nitrogens with one attached hydrogen (secondary N) is 1. The maximum atomic E-state index is 12.2. The average Bonchev–Trinajstić information content (AvgIpc) is 2.60. The van der Waals surface area contributed by atoms with Gasteiger partial charge in [-0.15, -0.1) is 0 Å². The topological polar surface area (TPSA) is 75.7 Å². The van der Waals surface area contributed by atoms with Crippen molar-refractivity contribution in [3.8, 4) is 0 Å². The summed E-state index contributed by atoms with van der Waals surface area (Å²) in [5, 5.41) is 2.86. The summed E-state index contributed by atoms with van der Waals surface area (Å²) >= 11 is 0. The summed E-state index contributed by atoms with van der Waals surface area (Å²) in [4.78, 5) is 14.6. The van der Waals surface area contributed by atoms with Gasteiger partial charge in [0.05, 0.1) is 23.9 Å². The number of sulfone groups is 1. The second-order valence-electron chi connectivity index (χ2n) is 6.57. The molecule has 0 radical (unpaired) electrons. The Morgan fingerprint density at radius 1 is 1.21 bits per heavy atom. The summed E-state index contributed by atoms with van der Waals surface area (Å²) < 4.78 is 29.7. The predicted octanol–water partition coefficient (Wildman–Crippen LogP) is 1.08. The Morgan fingerprint density at radius 2 is 1.83 bits per heavy atom. The normalized spacial score (nSPS) is 16.8. The molecule has 1 aliphatic heterocycles. The van der Waals surface area contributed by atoms with Crippen LogP contribution in [0.15, 0.2) is 35.2 Å². The Balaban J connectivity index is 1.81. The van der Waals surface area contributed by atoms with E-state index < -0.39 is 9.84 Å². The minimum Gasteiger partial charge on any atom is -0.379 e. The lowest BCUT2D eigenvalue weighted by Gasteiger charge is -2.40. The molecule has 134 valence electrons. The van der Waals surface area contributed by atoms with Crippen LogP contribution in [0.2, 0.25) is 0 Å². The molecule has 24 heavy (non-hydrogen) atoms. The van der Waals surface area contributed by atoms with Crippen LogP contribution < -0.4 is 5.32 Å². The third-order valence-corrected chi connectivity index (χ3v) is 6.02. The van der Waals surface area contributed by atoms with Gasteiger partial charge in [0.25, 0.3) is 0 Å². The Hall–Kier alpha value is -1.44. The number of nitrogens with zero attached hydrogens (tertiary/aromatic N) is 1. The first-order chi connectivity index (χ1) is 11.3. The van der Waals surface area contributed by atoms with Crippen molar-refractivity contribution < 1.29 is 17.9 Å².